The van der Waals surface area contributed by atoms with Crippen LogP contribution in [0.3, 0.4) is 0 Å². The van der Waals surface area contributed by atoms with Crippen LogP contribution in [0.25, 0.3) is 0 Å². The molecule has 0 aliphatic heterocycles. The number of carbonyl (C=O) groups excluding carboxylic acids is 1. The summed E-state index contributed by atoms with van der Waals surface area (Å²) < 4.78 is 0. The zero-order valence-electron chi connectivity index (χ0n) is 11.0. The third kappa shape index (κ3) is 4.09. The van der Waals surface area contributed by atoms with E-state index in [1.54, 1.807) is 34.4 Å². The van der Waals surface area contributed by atoms with Crippen molar-refractivity contribution in [2.24, 2.45) is 0 Å². The van der Waals surface area contributed by atoms with Crippen molar-refractivity contribution >= 4 is 40.3 Å². The van der Waals surface area contributed by atoms with Crippen LogP contribution in [-0.2, 0) is 4.79 Å². The summed E-state index contributed by atoms with van der Waals surface area (Å²) in [5.74, 6) is 0.119. The summed E-state index contributed by atoms with van der Waals surface area (Å²) in [6.07, 6.45) is 2.60. The lowest BCUT2D eigenvalue weighted by atomic mass is 10.2. The van der Waals surface area contributed by atoms with E-state index in [0.29, 0.717) is 11.7 Å². The Bertz CT molecular complexity index is 459. The van der Waals surface area contributed by atoms with Gasteiger partial charge < -0.3 is 5.32 Å². The van der Waals surface area contributed by atoms with Gasteiger partial charge in [0.25, 0.3) is 0 Å². The molecule has 0 fully saturated rings. The summed E-state index contributed by atoms with van der Waals surface area (Å²) in [5, 5.41) is 7.61. The van der Waals surface area contributed by atoms with Crippen molar-refractivity contribution in [3.63, 3.8) is 0 Å². The lowest BCUT2D eigenvalue weighted by Crippen LogP contribution is -2.29. The summed E-state index contributed by atoms with van der Waals surface area (Å²) >= 11 is 5.08. The monoisotopic (exact) mass is 311 g/mol. The number of carbonyl (C=O) groups is 1. The molecular formula is C14H17NOS3. The van der Waals surface area contributed by atoms with E-state index in [2.05, 4.69) is 24.4 Å². The first kappa shape index (κ1) is 14.6. The van der Waals surface area contributed by atoms with Crippen LogP contribution >= 0.6 is 34.4 Å². The molecule has 1 N–H and O–H groups in total. The van der Waals surface area contributed by atoms with Gasteiger partial charge in [-0.25, -0.2) is 0 Å². The molecule has 0 aromatic carbocycles. The fraction of sp³-hybridized carbons (Fsp3) is 0.357. The number of rotatable bonds is 6. The minimum absolute atomic E-state index is 0.00144. The molecule has 2 aromatic rings. The van der Waals surface area contributed by atoms with E-state index in [1.165, 1.54) is 9.75 Å². The molecule has 0 saturated heterocycles. The van der Waals surface area contributed by atoms with Gasteiger partial charge in [-0.3, -0.25) is 4.79 Å². The van der Waals surface area contributed by atoms with Crippen molar-refractivity contribution in [3.05, 3.63) is 44.8 Å². The van der Waals surface area contributed by atoms with Crippen molar-refractivity contribution in [2.45, 2.75) is 24.6 Å². The molecule has 19 heavy (non-hydrogen) atoms. The Morgan fingerprint density at radius 2 is 1.84 bits per heavy atom. The summed E-state index contributed by atoms with van der Waals surface area (Å²) in [7, 11) is 0. The first-order chi connectivity index (χ1) is 9.20. The Labute approximate surface area is 126 Å². The van der Waals surface area contributed by atoms with Crippen LogP contribution in [0.2, 0.25) is 0 Å². The first-order valence-electron chi connectivity index (χ1n) is 6.09. The molecule has 0 aliphatic carbocycles. The van der Waals surface area contributed by atoms with Crippen molar-refractivity contribution in [1.82, 2.24) is 5.32 Å². The molecular weight excluding hydrogens is 294 g/mol. The molecule has 2 nitrogen and oxygen atoms in total. The zero-order chi connectivity index (χ0) is 13.7. The van der Waals surface area contributed by atoms with Gasteiger partial charge >= 0.3 is 0 Å². The summed E-state index contributed by atoms with van der Waals surface area (Å²) in [6.45, 7) is 2.08. The molecule has 0 unspecified atom stereocenters. The van der Waals surface area contributed by atoms with E-state index in [4.69, 9.17) is 0 Å². The number of thioether (sulfide) groups is 1. The van der Waals surface area contributed by atoms with Gasteiger partial charge in [-0.2, -0.15) is 11.8 Å². The van der Waals surface area contributed by atoms with E-state index in [-0.39, 0.29) is 11.9 Å². The average molecular weight is 311 g/mol. The molecule has 0 radical (unpaired) electrons. The van der Waals surface area contributed by atoms with E-state index < -0.39 is 0 Å². The number of thiophene rings is 2. The maximum atomic E-state index is 12.1. The fourth-order valence-corrected chi connectivity index (χ4v) is 3.74. The Morgan fingerprint density at radius 3 is 2.26 bits per heavy atom. The smallest absolute Gasteiger partial charge is 0.221 e. The number of amides is 1. The van der Waals surface area contributed by atoms with Gasteiger partial charge in [0.2, 0.25) is 5.91 Å². The van der Waals surface area contributed by atoms with Crippen LogP contribution in [-0.4, -0.2) is 17.4 Å². The quantitative estimate of drug-likeness (QED) is 0.868. The molecule has 0 aliphatic rings. The highest BCUT2D eigenvalue weighted by Crippen LogP contribution is 2.29. The summed E-state index contributed by atoms with van der Waals surface area (Å²) in [4.78, 5) is 14.5. The Hall–Kier alpha value is -0.780. The maximum absolute atomic E-state index is 12.1. The lowest BCUT2D eigenvalue weighted by Gasteiger charge is -2.17. The molecule has 2 rings (SSSR count). The Kier molecular flexibility index (Phi) is 5.48. The Balaban J connectivity index is 2.09. The van der Waals surface area contributed by atoms with Crippen molar-refractivity contribution < 1.29 is 4.79 Å². The minimum Gasteiger partial charge on any atom is -0.344 e. The largest absolute Gasteiger partial charge is 0.344 e. The molecule has 0 bridgehead atoms. The molecule has 1 amide bonds. The first-order valence-corrected chi connectivity index (χ1v) is 9.14. The molecule has 102 valence electrons. The fourth-order valence-electron chi connectivity index (χ4n) is 1.76. The third-order valence-electron chi connectivity index (χ3n) is 2.84. The standard InChI is InChI=1S/C14H17NOS3/c1-10(17-2)9-13(16)15-14(11-5-3-7-18-11)12-6-4-8-19-12/h3-8,10,14H,9H2,1-2H3,(H,15,16)/t10-/m0/s1. The number of nitrogens with one attached hydrogen (secondary N) is 1. The van der Waals surface area contributed by atoms with Gasteiger partial charge in [0, 0.05) is 21.4 Å². The predicted octanol–water partition coefficient (Wildman–Crippen LogP) is 4.16. The van der Waals surface area contributed by atoms with Gasteiger partial charge in [-0.1, -0.05) is 19.1 Å². The second kappa shape index (κ2) is 7.12. The molecule has 1 atom stereocenters. The SMILES string of the molecule is CS[C@@H](C)CC(=O)NC(c1cccs1)c1cccs1. The van der Waals surface area contributed by atoms with Crippen molar-refractivity contribution in [3.8, 4) is 0 Å². The molecule has 5 heteroatoms. The van der Waals surface area contributed by atoms with E-state index >= 15 is 0 Å². The highest BCUT2D eigenvalue weighted by atomic mass is 32.2. The zero-order valence-corrected chi connectivity index (χ0v) is 13.4. The second-order valence-corrected chi connectivity index (χ2v) is 7.52. The number of hydrogen-bond donors (Lipinski definition) is 1. The van der Waals surface area contributed by atoms with E-state index in [0.717, 1.165) is 0 Å². The lowest BCUT2D eigenvalue weighted by molar-refractivity contribution is -0.121. The van der Waals surface area contributed by atoms with Gasteiger partial charge in [0.05, 0.1) is 6.04 Å². The predicted molar refractivity (Wildman–Crippen MR) is 86.2 cm³/mol. The van der Waals surface area contributed by atoms with Crippen LogP contribution in [0, 0.1) is 0 Å². The number of hydrogen-bond acceptors (Lipinski definition) is 4. The Morgan fingerprint density at radius 1 is 1.26 bits per heavy atom. The van der Waals surface area contributed by atoms with Crippen molar-refractivity contribution in [1.29, 1.82) is 0 Å². The van der Waals surface area contributed by atoms with Crippen molar-refractivity contribution in [2.75, 3.05) is 6.26 Å². The highest BCUT2D eigenvalue weighted by molar-refractivity contribution is 7.99. The maximum Gasteiger partial charge on any atom is 0.221 e. The van der Waals surface area contributed by atoms with Gasteiger partial charge in [0.15, 0.2) is 0 Å². The third-order valence-corrected chi connectivity index (χ3v) is 5.68. The minimum atomic E-state index is 0.00144. The van der Waals surface area contributed by atoms with Crippen LogP contribution in [0.1, 0.15) is 29.1 Å². The molecule has 0 spiro atoms. The molecule has 0 saturated carbocycles. The van der Waals surface area contributed by atoms with Crippen LogP contribution in [0.15, 0.2) is 35.0 Å². The van der Waals surface area contributed by atoms with Crippen LogP contribution in [0.4, 0.5) is 0 Å². The van der Waals surface area contributed by atoms with Gasteiger partial charge in [0.1, 0.15) is 0 Å². The highest BCUT2D eigenvalue weighted by Gasteiger charge is 2.19. The normalized spacial score (nSPS) is 12.6. The molecule has 2 heterocycles. The summed E-state index contributed by atoms with van der Waals surface area (Å²) in [6, 6.07) is 8.21. The average Bonchev–Trinajstić information content (AvgIpc) is 3.08. The molecule has 2 aromatic heterocycles. The van der Waals surface area contributed by atoms with Crippen LogP contribution in [0.5, 0.6) is 0 Å². The van der Waals surface area contributed by atoms with Crippen LogP contribution < -0.4 is 5.32 Å². The summed E-state index contributed by atoms with van der Waals surface area (Å²) in [5.41, 5.74) is 0. The van der Waals surface area contributed by atoms with Gasteiger partial charge in [-0.05, 0) is 29.1 Å². The topological polar surface area (TPSA) is 29.1 Å². The van der Waals surface area contributed by atoms with E-state index in [9.17, 15) is 4.79 Å². The van der Waals surface area contributed by atoms with E-state index in [1.807, 2.05) is 29.1 Å². The van der Waals surface area contributed by atoms with Gasteiger partial charge in [-0.15, -0.1) is 22.7 Å². The second-order valence-electron chi connectivity index (χ2n) is 4.28.